The van der Waals surface area contributed by atoms with Crippen LogP contribution in [-0.2, 0) is 4.79 Å². The van der Waals surface area contributed by atoms with Gasteiger partial charge in [-0.15, -0.1) is 0 Å². The fourth-order valence-corrected chi connectivity index (χ4v) is 2.84. The summed E-state index contributed by atoms with van der Waals surface area (Å²) in [6.07, 6.45) is 3.16. The number of thioether (sulfide) groups is 1. The number of carbonyl (C=O) groups excluding carboxylic acids is 2. The van der Waals surface area contributed by atoms with E-state index in [4.69, 9.17) is 11.6 Å². The minimum Gasteiger partial charge on any atom is -0.298 e. The maximum atomic E-state index is 11.6. The van der Waals surface area contributed by atoms with E-state index in [-0.39, 0.29) is 10.4 Å². The Hall–Kier alpha value is -2.05. The molecule has 0 aliphatic carbocycles. The normalized spacial score (nSPS) is 16.6. The molecule has 0 unspecified atom stereocenters. The van der Waals surface area contributed by atoms with Gasteiger partial charge in [0.2, 0.25) is 0 Å². The first-order valence-electron chi connectivity index (χ1n) is 6.09. The number of halogens is 1. The number of benzene rings is 1. The van der Waals surface area contributed by atoms with Crippen LogP contribution in [0.3, 0.4) is 0 Å². The molecule has 2 heterocycles. The summed E-state index contributed by atoms with van der Waals surface area (Å²) in [6, 6.07) is 7.81. The number of imide groups is 1. The number of imidazole rings is 1. The maximum absolute atomic E-state index is 11.6. The zero-order valence-electron chi connectivity index (χ0n) is 11.0. The molecule has 0 radical (unpaired) electrons. The van der Waals surface area contributed by atoms with Crippen LogP contribution in [0.25, 0.3) is 11.8 Å². The Kier molecular flexibility index (Phi) is 3.57. The van der Waals surface area contributed by atoms with Gasteiger partial charge in [-0.2, -0.15) is 0 Å². The molecule has 2 aromatic rings. The van der Waals surface area contributed by atoms with Gasteiger partial charge in [0.1, 0.15) is 6.33 Å². The smallest absolute Gasteiger partial charge is 0.290 e. The van der Waals surface area contributed by atoms with Crippen molar-refractivity contribution in [1.29, 1.82) is 0 Å². The lowest BCUT2D eigenvalue weighted by Gasteiger charge is -2.06. The van der Waals surface area contributed by atoms with Gasteiger partial charge in [0.25, 0.3) is 11.1 Å². The molecular formula is C14H10ClN3O2S. The van der Waals surface area contributed by atoms with E-state index in [2.05, 4.69) is 10.3 Å². The van der Waals surface area contributed by atoms with Crippen LogP contribution >= 0.6 is 23.4 Å². The molecule has 1 fully saturated rings. The van der Waals surface area contributed by atoms with Gasteiger partial charge in [-0.25, -0.2) is 4.98 Å². The summed E-state index contributed by atoms with van der Waals surface area (Å²) in [7, 11) is 0. The molecule has 1 aromatic carbocycles. The summed E-state index contributed by atoms with van der Waals surface area (Å²) in [5, 5.41) is 2.10. The number of aromatic nitrogens is 2. The highest BCUT2D eigenvalue weighted by atomic mass is 35.5. The first-order valence-corrected chi connectivity index (χ1v) is 7.29. The van der Waals surface area contributed by atoms with E-state index in [0.29, 0.717) is 10.6 Å². The van der Waals surface area contributed by atoms with E-state index in [0.717, 1.165) is 23.0 Å². The van der Waals surface area contributed by atoms with E-state index in [1.165, 1.54) is 0 Å². The molecule has 1 aliphatic heterocycles. The van der Waals surface area contributed by atoms with Crippen molar-refractivity contribution in [3.8, 4) is 5.69 Å². The van der Waals surface area contributed by atoms with Crippen molar-refractivity contribution in [1.82, 2.24) is 14.9 Å². The highest BCUT2D eigenvalue weighted by molar-refractivity contribution is 8.18. The van der Waals surface area contributed by atoms with Gasteiger partial charge in [0, 0.05) is 5.69 Å². The fourth-order valence-electron chi connectivity index (χ4n) is 1.99. The number of nitrogens with zero attached hydrogens (tertiary/aromatic N) is 2. The quantitative estimate of drug-likeness (QED) is 0.864. The van der Waals surface area contributed by atoms with Crippen molar-refractivity contribution in [2.45, 2.75) is 6.92 Å². The fraction of sp³-hybridized carbons (Fsp3) is 0.0714. The second kappa shape index (κ2) is 5.38. The Morgan fingerprint density at radius 3 is 2.86 bits per heavy atom. The lowest BCUT2D eigenvalue weighted by molar-refractivity contribution is -0.115. The van der Waals surface area contributed by atoms with Gasteiger partial charge < -0.3 is 0 Å². The Morgan fingerprint density at radius 1 is 1.38 bits per heavy atom. The van der Waals surface area contributed by atoms with Crippen LogP contribution in [0, 0.1) is 6.92 Å². The minimum atomic E-state index is -0.418. The van der Waals surface area contributed by atoms with Crippen molar-refractivity contribution in [3.63, 3.8) is 0 Å². The van der Waals surface area contributed by atoms with Gasteiger partial charge in [0.05, 0.1) is 10.6 Å². The first-order chi connectivity index (χ1) is 10.0. The molecule has 3 rings (SSSR count). The second-order valence-electron chi connectivity index (χ2n) is 4.48. The van der Waals surface area contributed by atoms with Crippen molar-refractivity contribution in [2.24, 2.45) is 0 Å². The molecule has 1 saturated heterocycles. The molecule has 5 nitrogen and oxygen atoms in total. The van der Waals surface area contributed by atoms with E-state index in [9.17, 15) is 9.59 Å². The standard InChI is InChI=1S/C14H10ClN3O2S/c1-8-3-2-4-9(5-8)18-7-16-12(15)10(18)6-11-13(19)17-14(20)21-11/h2-7H,1H3,(H,17,19,20). The highest BCUT2D eigenvalue weighted by Crippen LogP contribution is 2.29. The molecule has 7 heteroatoms. The topological polar surface area (TPSA) is 64.0 Å². The number of carbonyl (C=O) groups is 2. The third kappa shape index (κ3) is 2.72. The molecule has 2 amide bonds. The molecule has 0 spiro atoms. The van der Waals surface area contributed by atoms with Crippen LogP contribution in [0.5, 0.6) is 0 Å². The Labute approximate surface area is 130 Å². The Bertz CT molecular complexity index is 782. The molecule has 0 atom stereocenters. The molecule has 0 bridgehead atoms. The Morgan fingerprint density at radius 2 is 2.19 bits per heavy atom. The molecule has 1 N–H and O–H groups in total. The van der Waals surface area contributed by atoms with Crippen molar-refractivity contribution in [3.05, 3.63) is 51.9 Å². The van der Waals surface area contributed by atoms with Crippen LogP contribution < -0.4 is 5.32 Å². The summed E-state index contributed by atoms with van der Waals surface area (Å²) in [6.45, 7) is 1.99. The van der Waals surface area contributed by atoms with Gasteiger partial charge in [-0.05, 0) is 42.5 Å². The minimum absolute atomic E-state index is 0.275. The number of hydrogen-bond donors (Lipinski definition) is 1. The molecule has 21 heavy (non-hydrogen) atoms. The maximum Gasteiger partial charge on any atom is 0.290 e. The number of aryl methyl sites for hydroxylation is 1. The van der Waals surface area contributed by atoms with Crippen LogP contribution in [-0.4, -0.2) is 20.7 Å². The Balaban J connectivity index is 2.08. The molecular weight excluding hydrogens is 310 g/mol. The van der Waals surface area contributed by atoms with Crippen LogP contribution in [0.15, 0.2) is 35.5 Å². The monoisotopic (exact) mass is 319 g/mol. The number of nitrogens with one attached hydrogen (secondary N) is 1. The van der Waals surface area contributed by atoms with Gasteiger partial charge in [0.15, 0.2) is 5.15 Å². The van der Waals surface area contributed by atoms with E-state index >= 15 is 0 Å². The summed E-state index contributed by atoms with van der Waals surface area (Å²) < 4.78 is 1.78. The second-order valence-corrected chi connectivity index (χ2v) is 5.85. The summed E-state index contributed by atoms with van der Waals surface area (Å²) in [5.41, 5.74) is 2.55. The first kappa shape index (κ1) is 13.9. The number of rotatable bonds is 2. The van der Waals surface area contributed by atoms with Gasteiger partial charge >= 0.3 is 0 Å². The predicted octanol–water partition coefficient (Wildman–Crippen LogP) is 3.16. The third-order valence-electron chi connectivity index (χ3n) is 2.95. The van der Waals surface area contributed by atoms with E-state index < -0.39 is 5.91 Å². The van der Waals surface area contributed by atoms with E-state index in [1.807, 2.05) is 31.2 Å². The SMILES string of the molecule is Cc1cccc(-n2cnc(Cl)c2C=C2SC(=O)NC2=O)c1. The van der Waals surface area contributed by atoms with Crippen molar-refractivity contribution in [2.75, 3.05) is 0 Å². The van der Waals surface area contributed by atoms with E-state index in [1.54, 1.807) is 17.0 Å². The summed E-state index contributed by atoms with van der Waals surface area (Å²) >= 11 is 6.94. The van der Waals surface area contributed by atoms with Crippen molar-refractivity contribution < 1.29 is 9.59 Å². The molecule has 1 aromatic heterocycles. The zero-order chi connectivity index (χ0) is 15.0. The van der Waals surface area contributed by atoms with Gasteiger partial charge in [-0.1, -0.05) is 23.7 Å². The highest BCUT2D eigenvalue weighted by Gasteiger charge is 2.26. The third-order valence-corrected chi connectivity index (χ3v) is 4.05. The molecule has 0 saturated carbocycles. The largest absolute Gasteiger partial charge is 0.298 e. The summed E-state index contributed by atoms with van der Waals surface area (Å²) in [4.78, 5) is 27.2. The molecule has 1 aliphatic rings. The van der Waals surface area contributed by atoms with Crippen LogP contribution in [0.4, 0.5) is 4.79 Å². The van der Waals surface area contributed by atoms with Crippen LogP contribution in [0.2, 0.25) is 5.15 Å². The number of hydrogen-bond acceptors (Lipinski definition) is 4. The lowest BCUT2D eigenvalue weighted by atomic mass is 10.2. The predicted molar refractivity (Wildman–Crippen MR) is 82.4 cm³/mol. The average molecular weight is 320 g/mol. The van der Waals surface area contributed by atoms with Gasteiger partial charge in [-0.3, -0.25) is 19.5 Å². The average Bonchev–Trinajstić information content (AvgIpc) is 2.94. The lowest BCUT2D eigenvalue weighted by Crippen LogP contribution is -2.17. The number of amides is 2. The molecule has 106 valence electrons. The zero-order valence-corrected chi connectivity index (χ0v) is 12.5. The van der Waals surface area contributed by atoms with Crippen LogP contribution in [0.1, 0.15) is 11.3 Å². The van der Waals surface area contributed by atoms with Crippen molar-refractivity contribution >= 4 is 40.6 Å². The summed E-state index contributed by atoms with van der Waals surface area (Å²) in [5.74, 6) is -0.418.